The molecule has 32 heavy (non-hydrogen) atoms. The minimum absolute atomic E-state index is 0.251. The molecule has 2 aromatic heterocycles. The number of hydrogen-bond acceptors (Lipinski definition) is 6. The molecule has 0 spiro atoms. The Hall–Kier alpha value is -4.41. The summed E-state index contributed by atoms with van der Waals surface area (Å²) in [5.74, 6) is -0.0882. The van der Waals surface area contributed by atoms with Crippen molar-refractivity contribution in [3.63, 3.8) is 0 Å². The molecule has 8 nitrogen and oxygen atoms in total. The molecular formula is C21H14F3N5O3. The standard InChI is InChI=1S/C21H14F3N5O3/c22-21(23,24)32-17-4-2-1-3-16(17)20(30)26-14-5-7-15(8-6-14)31-19-10-9-18(27-28-19)29-12-11-25-13-29/h1-13H,(H,26,30). The predicted octanol–water partition coefficient (Wildman–Crippen LogP) is 4.61. The van der Waals surface area contributed by atoms with Crippen LogP contribution in [0.2, 0.25) is 0 Å². The number of nitrogens with one attached hydrogen (secondary N) is 1. The molecule has 0 aliphatic carbocycles. The number of carbonyl (C=O) groups excluding carboxylic acids is 1. The zero-order valence-corrected chi connectivity index (χ0v) is 16.2. The van der Waals surface area contributed by atoms with E-state index in [9.17, 15) is 18.0 Å². The maximum absolute atomic E-state index is 12.5. The summed E-state index contributed by atoms with van der Waals surface area (Å²) in [6, 6.07) is 14.6. The lowest BCUT2D eigenvalue weighted by atomic mass is 10.2. The quantitative estimate of drug-likeness (QED) is 0.470. The largest absolute Gasteiger partial charge is 0.573 e. The summed E-state index contributed by atoms with van der Waals surface area (Å²) in [5, 5.41) is 10.5. The summed E-state index contributed by atoms with van der Waals surface area (Å²) in [6.45, 7) is 0. The van der Waals surface area contributed by atoms with Crippen LogP contribution < -0.4 is 14.8 Å². The molecular weight excluding hydrogens is 427 g/mol. The molecule has 2 aromatic carbocycles. The van der Waals surface area contributed by atoms with Gasteiger partial charge in [0, 0.05) is 24.1 Å². The summed E-state index contributed by atoms with van der Waals surface area (Å²) in [5.41, 5.74) is 0.101. The summed E-state index contributed by atoms with van der Waals surface area (Å²) >= 11 is 0. The summed E-state index contributed by atoms with van der Waals surface area (Å²) < 4.78 is 48.9. The van der Waals surface area contributed by atoms with E-state index in [0.717, 1.165) is 6.07 Å². The van der Waals surface area contributed by atoms with Gasteiger partial charge in [-0.25, -0.2) is 4.98 Å². The predicted molar refractivity (Wildman–Crippen MR) is 107 cm³/mol. The first kappa shape index (κ1) is 20.8. The van der Waals surface area contributed by atoms with Gasteiger partial charge in [0.05, 0.1) is 5.56 Å². The number of imidazole rings is 1. The van der Waals surface area contributed by atoms with Crippen LogP contribution in [0.25, 0.3) is 5.82 Å². The third-order valence-corrected chi connectivity index (χ3v) is 4.09. The Labute approximate surface area is 179 Å². The summed E-state index contributed by atoms with van der Waals surface area (Å²) in [7, 11) is 0. The number of anilines is 1. The van der Waals surface area contributed by atoms with Crippen molar-refractivity contribution in [3.8, 4) is 23.2 Å². The topological polar surface area (TPSA) is 91.2 Å². The van der Waals surface area contributed by atoms with Crippen molar-refractivity contribution in [3.05, 3.63) is 84.9 Å². The minimum Gasteiger partial charge on any atom is -0.438 e. The van der Waals surface area contributed by atoms with Gasteiger partial charge in [0.15, 0.2) is 5.82 Å². The van der Waals surface area contributed by atoms with Crippen LogP contribution in [0.15, 0.2) is 79.4 Å². The second-order valence-electron chi connectivity index (χ2n) is 6.32. The molecule has 4 aromatic rings. The van der Waals surface area contributed by atoms with Crippen molar-refractivity contribution in [2.24, 2.45) is 0 Å². The van der Waals surface area contributed by atoms with E-state index in [1.165, 1.54) is 30.3 Å². The molecule has 0 radical (unpaired) electrons. The van der Waals surface area contributed by atoms with Crippen LogP contribution in [0.3, 0.4) is 0 Å². The van der Waals surface area contributed by atoms with Crippen molar-refractivity contribution < 1.29 is 27.4 Å². The van der Waals surface area contributed by atoms with Crippen molar-refractivity contribution in [1.29, 1.82) is 0 Å². The fourth-order valence-electron chi connectivity index (χ4n) is 2.69. The molecule has 162 valence electrons. The smallest absolute Gasteiger partial charge is 0.438 e. The first-order chi connectivity index (χ1) is 15.4. The number of para-hydroxylation sites is 1. The highest BCUT2D eigenvalue weighted by Gasteiger charge is 2.32. The number of nitrogens with zero attached hydrogens (tertiary/aromatic N) is 4. The van der Waals surface area contributed by atoms with E-state index >= 15 is 0 Å². The van der Waals surface area contributed by atoms with E-state index < -0.39 is 18.0 Å². The van der Waals surface area contributed by atoms with E-state index in [1.54, 1.807) is 47.6 Å². The van der Waals surface area contributed by atoms with Crippen LogP contribution in [0.5, 0.6) is 17.4 Å². The Bertz CT molecular complexity index is 1190. The molecule has 0 saturated carbocycles. The molecule has 0 atom stereocenters. The molecule has 0 fully saturated rings. The number of halogens is 3. The van der Waals surface area contributed by atoms with Gasteiger partial charge in [0.2, 0.25) is 5.88 Å². The lowest BCUT2D eigenvalue weighted by Crippen LogP contribution is -2.20. The van der Waals surface area contributed by atoms with Crippen molar-refractivity contribution in [2.75, 3.05) is 5.32 Å². The van der Waals surface area contributed by atoms with Gasteiger partial charge in [-0.2, -0.15) is 0 Å². The molecule has 0 aliphatic heterocycles. The van der Waals surface area contributed by atoms with Crippen LogP contribution in [0.1, 0.15) is 10.4 Å². The summed E-state index contributed by atoms with van der Waals surface area (Å²) in [6.07, 6.45) is 0.0278. The zero-order chi connectivity index (χ0) is 22.6. The maximum Gasteiger partial charge on any atom is 0.573 e. The average molecular weight is 441 g/mol. The monoisotopic (exact) mass is 441 g/mol. The van der Waals surface area contributed by atoms with E-state index in [0.29, 0.717) is 17.3 Å². The van der Waals surface area contributed by atoms with Gasteiger partial charge in [-0.05, 0) is 42.5 Å². The second-order valence-corrected chi connectivity index (χ2v) is 6.32. The number of rotatable bonds is 6. The van der Waals surface area contributed by atoms with E-state index in [1.807, 2.05) is 0 Å². The van der Waals surface area contributed by atoms with Crippen LogP contribution in [0.4, 0.5) is 18.9 Å². The van der Waals surface area contributed by atoms with E-state index in [4.69, 9.17) is 4.74 Å². The van der Waals surface area contributed by atoms with Crippen molar-refractivity contribution >= 4 is 11.6 Å². The molecule has 4 rings (SSSR count). The summed E-state index contributed by atoms with van der Waals surface area (Å²) in [4.78, 5) is 16.3. The van der Waals surface area contributed by atoms with Crippen LogP contribution in [-0.2, 0) is 0 Å². The molecule has 1 amide bonds. The molecule has 11 heteroatoms. The lowest BCUT2D eigenvalue weighted by Gasteiger charge is -2.13. The first-order valence-corrected chi connectivity index (χ1v) is 9.13. The van der Waals surface area contributed by atoms with Crippen LogP contribution >= 0.6 is 0 Å². The minimum atomic E-state index is -4.91. The number of carbonyl (C=O) groups is 1. The number of hydrogen-bond donors (Lipinski definition) is 1. The van der Waals surface area contributed by atoms with Crippen molar-refractivity contribution in [2.45, 2.75) is 6.36 Å². The molecule has 0 bridgehead atoms. The molecule has 0 aliphatic rings. The van der Waals surface area contributed by atoms with Crippen molar-refractivity contribution in [1.82, 2.24) is 19.7 Å². The fourth-order valence-corrected chi connectivity index (χ4v) is 2.69. The number of amides is 1. The van der Waals surface area contributed by atoms with E-state index in [-0.39, 0.29) is 11.4 Å². The molecule has 0 saturated heterocycles. The first-order valence-electron chi connectivity index (χ1n) is 9.13. The Kier molecular flexibility index (Phi) is 5.71. The third kappa shape index (κ3) is 5.19. The SMILES string of the molecule is O=C(Nc1ccc(Oc2ccc(-n3ccnc3)nn2)cc1)c1ccccc1OC(F)(F)F. The van der Waals surface area contributed by atoms with Gasteiger partial charge >= 0.3 is 6.36 Å². The zero-order valence-electron chi connectivity index (χ0n) is 16.2. The van der Waals surface area contributed by atoms with Gasteiger partial charge < -0.3 is 14.8 Å². The number of aromatic nitrogens is 4. The number of ether oxygens (including phenoxy) is 2. The van der Waals surface area contributed by atoms with Crippen LogP contribution in [-0.4, -0.2) is 32.0 Å². The Balaban J connectivity index is 1.41. The highest BCUT2D eigenvalue weighted by Crippen LogP contribution is 2.27. The lowest BCUT2D eigenvalue weighted by molar-refractivity contribution is -0.274. The molecule has 2 heterocycles. The Morgan fingerprint density at radius 1 is 0.969 bits per heavy atom. The third-order valence-electron chi connectivity index (χ3n) is 4.09. The average Bonchev–Trinajstić information content (AvgIpc) is 3.30. The van der Waals surface area contributed by atoms with Gasteiger partial charge in [0.1, 0.15) is 17.8 Å². The van der Waals surface area contributed by atoms with Gasteiger partial charge in [-0.15, -0.1) is 23.4 Å². The number of benzene rings is 2. The van der Waals surface area contributed by atoms with Gasteiger partial charge in [0.25, 0.3) is 5.91 Å². The fraction of sp³-hybridized carbons (Fsp3) is 0.0476. The van der Waals surface area contributed by atoms with Gasteiger partial charge in [-0.1, -0.05) is 12.1 Å². The highest BCUT2D eigenvalue weighted by atomic mass is 19.4. The molecule has 0 unspecified atom stereocenters. The highest BCUT2D eigenvalue weighted by molar-refractivity contribution is 6.06. The molecule has 1 N–H and O–H groups in total. The normalized spacial score (nSPS) is 11.1. The van der Waals surface area contributed by atoms with E-state index in [2.05, 4.69) is 25.2 Å². The Morgan fingerprint density at radius 3 is 2.41 bits per heavy atom. The van der Waals surface area contributed by atoms with Crippen LogP contribution in [0, 0.1) is 0 Å². The maximum atomic E-state index is 12.5. The van der Waals surface area contributed by atoms with Gasteiger partial charge in [-0.3, -0.25) is 9.36 Å². The Morgan fingerprint density at radius 2 is 1.75 bits per heavy atom. The number of alkyl halides is 3. The second kappa shape index (κ2) is 8.76.